The smallest absolute Gasteiger partial charge is 0.270 e. The second kappa shape index (κ2) is 8.65. The molecule has 6 nitrogen and oxygen atoms in total. The van der Waals surface area contributed by atoms with Crippen LogP contribution in [0.15, 0.2) is 73.2 Å². The number of nitrogens with one attached hydrogen (secondary N) is 1. The number of carbonyl (C=O) groups excluding carboxylic acids is 1. The average molecular weight is 333 g/mol. The molecule has 0 aliphatic carbocycles. The number of nitrogens with zero attached hydrogens (tertiary/aromatic N) is 4. The molecule has 0 spiro atoms. The SMILES string of the molecule is O=C(NCN(Cc1ccccn1)Cc1ccccn1)c1ccccn1. The lowest BCUT2D eigenvalue weighted by molar-refractivity contribution is 0.0910. The molecule has 0 radical (unpaired) electrons. The largest absolute Gasteiger partial charge is 0.338 e. The van der Waals surface area contributed by atoms with Crippen LogP contribution in [0.3, 0.4) is 0 Å². The van der Waals surface area contributed by atoms with E-state index in [4.69, 9.17) is 0 Å². The van der Waals surface area contributed by atoms with Crippen LogP contribution in [0.4, 0.5) is 0 Å². The molecule has 0 aromatic carbocycles. The zero-order valence-electron chi connectivity index (χ0n) is 13.7. The first kappa shape index (κ1) is 16.7. The molecule has 0 atom stereocenters. The molecule has 0 aliphatic heterocycles. The highest BCUT2D eigenvalue weighted by molar-refractivity contribution is 5.92. The molecule has 3 aromatic rings. The fraction of sp³-hybridized carbons (Fsp3) is 0.158. The third-order valence-corrected chi connectivity index (χ3v) is 3.58. The summed E-state index contributed by atoms with van der Waals surface area (Å²) < 4.78 is 0. The van der Waals surface area contributed by atoms with Crippen molar-refractivity contribution in [1.82, 2.24) is 25.2 Å². The molecule has 25 heavy (non-hydrogen) atoms. The van der Waals surface area contributed by atoms with Crippen LogP contribution in [0, 0.1) is 0 Å². The van der Waals surface area contributed by atoms with E-state index in [1.54, 1.807) is 36.8 Å². The fourth-order valence-electron chi connectivity index (χ4n) is 2.38. The molecular formula is C19H19N5O. The van der Waals surface area contributed by atoms with E-state index >= 15 is 0 Å². The van der Waals surface area contributed by atoms with Crippen LogP contribution in [0.1, 0.15) is 21.9 Å². The Bertz CT molecular complexity index is 739. The van der Waals surface area contributed by atoms with Gasteiger partial charge in [-0.3, -0.25) is 24.6 Å². The quantitative estimate of drug-likeness (QED) is 0.672. The molecule has 3 heterocycles. The first-order chi connectivity index (χ1) is 12.3. The second-order valence-corrected chi connectivity index (χ2v) is 5.51. The van der Waals surface area contributed by atoms with E-state index in [-0.39, 0.29) is 5.91 Å². The van der Waals surface area contributed by atoms with E-state index in [9.17, 15) is 4.79 Å². The minimum absolute atomic E-state index is 0.201. The van der Waals surface area contributed by atoms with Crippen LogP contribution >= 0.6 is 0 Å². The summed E-state index contributed by atoms with van der Waals surface area (Å²) in [5, 5.41) is 2.91. The maximum absolute atomic E-state index is 12.2. The molecule has 0 saturated carbocycles. The first-order valence-corrected chi connectivity index (χ1v) is 8.02. The Morgan fingerprint density at radius 2 is 1.36 bits per heavy atom. The van der Waals surface area contributed by atoms with Crippen LogP contribution in [0.2, 0.25) is 0 Å². The van der Waals surface area contributed by atoms with Crippen LogP contribution in [-0.4, -0.2) is 32.4 Å². The van der Waals surface area contributed by atoms with Gasteiger partial charge >= 0.3 is 0 Å². The predicted molar refractivity (Wildman–Crippen MR) is 94.3 cm³/mol. The van der Waals surface area contributed by atoms with Crippen molar-refractivity contribution in [2.75, 3.05) is 6.67 Å². The molecule has 126 valence electrons. The molecule has 0 aliphatic rings. The number of carbonyl (C=O) groups is 1. The fourth-order valence-corrected chi connectivity index (χ4v) is 2.38. The number of amides is 1. The van der Waals surface area contributed by atoms with Crippen molar-refractivity contribution < 1.29 is 4.79 Å². The van der Waals surface area contributed by atoms with Gasteiger partial charge in [-0.05, 0) is 36.4 Å². The molecule has 0 saturated heterocycles. The number of hydrogen-bond donors (Lipinski definition) is 1. The van der Waals surface area contributed by atoms with Crippen LogP contribution in [-0.2, 0) is 13.1 Å². The molecule has 6 heteroatoms. The lowest BCUT2D eigenvalue weighted by atomic mass is 10.3. The molecule has 1 amide bonds. The average Bonchev–Trinajstić information content (AvgIpc) is 2.68. The summed E-state index contributed by atoms with van der Waals surface area (Å²) in [5.74, 6) is -0.201. The Hall–Kier alpha value is -3.12. The maximum Gasteiger partial charge on any atom is 0.270 e. The summed E-state index contributed by atoms with van der Waals surface area (Å²) in [4.78, 5) is 27.1. The summed E-state index contributed by atoms with van der Waals surface area (Å²) in [6, 6.07) is 16.9. The van der Waals surface area contributed by atoms with Gasteiger partial charge in [-0.15, -0.1) is 0 Å². The van der Waals surface area contributed by atoms with Crippen molar-refractivity contribution in [2.24, 2.45) is 0 Å². The highest BCUT2D eigenvalue weighted by Crippen LogP contribution is 2.06. The summed E-state index contributed by atoms with van der Waals surface area (Å²) in [6.07, 6.45) is 5.13. The van der Waals surface area contributed by atoms with Gasteiger partial charge in [0.1, 0.15) is 5.69 Å². The van der Waals surface area contributed by atoms with Gasteiger partial charge in [-0.25, -0.2) is 0 Å². The van der Waals surface area contributed by atoms with Gasteiger partial charge in [0.2, 0.25) is 0 Å². The Morgan fingerprint density at radius 3 is 1.84 bits per heavy atom. The number of pyridine rings is 3. The topological polar surface area (TPSA) is 71.0 Å². The summed E-state index contributed by atoms with van der Waals surface area (Å²) in [7, 11) is 0. The molecule has 0 fully saturated rings. The highest BCUT2D eigenvalue weighted by atomic mass is 16.2. The second-order valence-electron chi connectivity index (χ2n) is 5.51. The summed E-state index contributed by atoms with van der Waals surface area (Å²) in [6.45, 7) is 1.60. The summed E-state index contributed by atoms with van der Waals surface area (Å²) in [5.41, 5.74) is 2.27. The summed E-state index contributed by atoms with van der Waals surface area (Å²) >= 11 is 0. The Labute approximate surface area is 146 Å². The van der Waals surface area contributed by atoms with E-state index in [0.717, 1.165) is 11.4 Å². The van der Waals surface area contributed by atoms with E-state index in [1.807, 2.05) is 36.4 Å². The minimum Gasteiger partial charge on any atom is -0.338 e. The monoisotopic (exact) mass is 333 g/mol. The molecule has 3 aromatic heterocycles. The van der Waals surface area contributed by atoms with Crippen molar-refractivity contribution in [3.63, 3.8) is 0 Å². The van der Waals surface area contributed by atoms with Gasteiger partial charge in [0.25, 0.3) is 5.91 Å². The van der Waals surface area contributed by atoms with Crippen molar-refractivity contribution >= 4 is 5.91 Å². The van der Waals surface area contributed by atoms with E-state index in [0.29, 0.717) is 25.5 Å². The highest BCUT2D eigenvalue weighted by Gasteiger charge is 2.12. The molecular weight excluding hydrogens is 314 g/mol. The van der Waals surface area contributed by atoms with E-state index in [1.165, 1.54) is 0 Å². The van der Waals surface area contributed by atoms with Crippen molar-refractivity contribution in [3.8, 4) is 0 Å². The number of aromatic nitrogens is 3. The Morgan fingerprint density at radius 1 is 0.800 bits per heavy atom. The molecule has 1 N–H and O–H groups in total. The minimum atomic E-state index is -0.201. The van der Waals surface area contributed by atoms with Gasteiger partial charge in [0.15, 0.2) is 0 Å². The van der Waals surface area contributed by atoms with E-state index in [2.05, 4.69) is 25.2 Å². The van der Waals surface area contributed by atoms with Crippen molar-refractivity contribution in [1.29, 1.82) is 0 Å². The number of rotatable bonds is 7. The predicted octanol–water partition coefficient (Wildman–Crippen LogP) is 2.26. The third-order valence-electron chi connectivity index (χ3n) is 3.58. The van der Waals surface area contributed by atoms with Gasteiger partial charge in [-0.1, -0.05) is 18.2 Å². The van der Waals surface area contributed by atoms with E-state index < -0.39 is 0 Å². The van der Waals surface area contributed by atoms with Gasteiger partial charge < -0.3 is 5.32 Å². The third kappa shape index (κ3) is 5.19. The Balaban J connectivity index is 1.66. The zero-order valence-corrected chi connectivity index (χ0v) is 13.7. The lowest BCUT2D eigenvalue weighted by Crippen LogP contribution is -2.37. The molecule has 0 bridgehead atoms. The van der Waals surface area contributed by atoms with Crippen LogP contribution < -0.4 is 5.32 Å². The van der Waals surface area contributed by atoms with Crippen LogP contribution in [0.25, 0.3) is 0 Å². The van der Waals surface area contributed by atoms with Crippen molar-refractivity contribution in [3.05, 3.63) is 90.3 Å². The normalized spacial score (nSPS) is 10.6. The standard InChI is InChI=1S/C19H19N5O/c25-19(18-9-3-6-12-22-18)23-15-24(13-16-7-1-4-10-20-16)14-17-8-2-5-11-21-17/h1-12H,13-15H2,(H,23,25). The van der Waals surface area contributed by atoms with Gasteiger partial charge in [0, 0.05) is 31.7 Å². The lowest BCUT2D eigenvalue weighted by Gasteiger charge is -2.22. The number of hydrogen-bond acceptors (Lipinski definition) is 5. The maximum atomic E-state index is 12.2. The van der Waals surface area contributed by atoms with Crippen LogP contribution in [0.5, 0.6) is 0 Å². The molecule has 3 rings (SSSR count). The molecule has 0 unspecified atom stereocenters. The van der Waals surface area contributed by atoms with Crippen molar-refractivity contribution in [2.45, 2.75) is 13.1 Å². The Kier molecular flexibility index (Phi) is 5.79. The first-order valence-electron chi connectivity index (χ1n) is 8.02. The zero-order chi connectivity index (χ0) is 17.3. The van der Waals surface area contributed by atoms with Gasteiger partial charge in [0.05, 0.1) is 18.1 Å². The van der Waals surface area contributed by atoms with Gasteiger partial charge in [-0.2, -0.15) is 0 Å².